The zero-order chi connectivity index (χ0) is 22.8. The van der Waals surface area contributed by atoms with Crippen LogP contribution in [0.1, 0.15) is 45.4 Å². The number of rotatable bonds is 4. The van der Waals surface area contributed by atoms with Gasteiger partial charge in [-0.1, -0.05) is 28.9 Å². The quantitative estimate of drug-likeness (QED) is 0.615. The van der Waals surface area contributed by atoms with Crippen LogP contribution in [0.3, 0.4) is 0 Å². The van der Waals surface area contributed by atoms with Crippen LogP contribution in [0.4, 0.5) is 5.69 Å². The zero-order valence-electron chi connectivity index (χ0n) is 17.1. The van der Waals surface area contributed by atoms with Crippen LogP contribution in [0.15, 0.2) is 46.0 Å². The fraction of sp³-hybridized carbons (Fsp3) is 0.286. The summed E-state index contributed by atoms with van der Waals surface area (Å²) in [7, 11) is 1.47. The first kappa shape index (κ1) is 21.6. The lowest BCUT2D eigenvalue weighted by atomic mass is 9.96. The van der Waals surface area contributed by atoms with Crippen molar-refractivity contribution in [3.63, 3.8) is 0 Å². The molecule has 4 rings (SSSR count). The average Bonchev–Trinajstić information content (AvgIpc) is 3.30. The Kier molecular flexibility index (Phi) is 5.95. The number of hydrogen-bond donors (Lipinski definition) is 2. The average molecular weight is 458 g/mol. The number of aromatic nitrogens is 3. The first-order valence-corrected chi connectivity index (χ1v) is 10.3. The molecular weight excluding hydrogens is 438 g/mol. The second kappa shape index (κ2) is 8.83. The number of anilines is 1. The van der Waals surface area contributed by atoms with E-state index in [1.165, 1.54) is 24.1 Å². The first-order chi connectivity index (χ1) is 15.4. The molecule has 1 unspecified atom stereocenters. The highest BCUT2D eigenvalue weighted by Gasteiger charge is 2.31. The van der Waals surface area contributed by atoms with Crippen LogP contribution in [0.5, 0.6) is 5.75 Å². The third-order valence-electron chi connectivity index (χ3n) is 5.38. The number of likely N-dealkylation sites (tertiary alicyclic amines) is 1. The Bertz CT molecular complexity index is 1220. The Morgan fingerprint density at radius 3 is 2.81 bits per heavy atom. The van der Waals surface area contributed by atoms with Crippen molar-refractivity contribution in [1.82, 2.24) is 19.6 Å². The number of amides is 2. The van der Waals surface area contributed by atoms with Crippen LogP contribution < -0.4 is 10.9 Å². The van der Waals surface area contributed by atoms with Gasteiger partial charge < -0.3 is 19.8 Å². The number of piperidine rings is 1. The van der Waals surface area contributed by atoms with Crippen molar-refractivity contribution >= 4 is 29.1 Å². The molecule has 1 aliphatic heterocycles. The minimum absolute atomic E-state index is 0.213. The lowest BCUT2D eigenvalue weighted by molar-refractivity contribution is 0.0702. The maximum absolute atomic E-state index is 13.0. The van der Waals surface area contributed by atoms with Gasteiger partial charge in [0.25, 0.3) is 17.4 Å². The molecule has 11 heteroatoms. The molecule has 0 saturated carbocycles. The van der Waals surface area contributed by atoms with E-state index in [4.69, 9.17) is 11.6 Å². The van der Waals surface area contributed by atoms with Gasteiger partial charge in [0, 0.05) is 26.1 Å². The maximum atomic E-state index is 13.0. The summed E-state index contributed by atoms with van der Waals surface area (Å²) in [6.45, 7) is 0.829. The summed E-state index contributed by atoms with van der Waals surface area (Å²) in [5.74, 6) is -1.75. The number of benzene rings is 1. The predicted octanol–water partition coefficient (Wildman–Crippen LogP) is 2.40. The molecule has 2 amide bonds. The lowest BCUT2D eigenvalue weighted by Gasteiger charge is -2.33. The summed E-state index contributed by atoms with van der Waals surface area (Å²) in [6, 6.07) is 6.81. The number of carbonyl (C=O) groups is 2. The molecule has 10 nitrogen and oxygen atoms in total. The van der Waals surface area contributed by atoms with Gasteiger partial charge >= 0.3 is 0 Å². The third kappa shape index (κ3) is 4.09. The number of halogens is 1. The maximum Gasteiger partial charge on any atom is 0.296 e. The SMILES string of the molecule is Cn1c(C2CCCN(C(=O)c3ccccc3Cl)C2)nc(C(=O)Nc2cnoc2)c(O)c1=O. The molecule has 2 aromatic heterocycles. The number of nitrogens with one attached hydrogen (secondary N) is 1. The van der Waals surface area contributed by atoms with Crippen LogP contribution >= 0.6 is 11.6 Å². The number of hydrogen-bond acceptors (Lipinski definition) is 7. The van der Waals surface area contributed by atoms with Crippen molar-refractivity contribution in [2.45, 2.75) is 18.8 Å². The van der Waals surface area contributed by atoms with E-state index in [-0.39, 0.29) is 17.5 Å². The Morgan fingerprint density at radius 2 is 2.09 bits per heavy atom. The molecule has 0 radical (unpaired) electrons. The second-order valence-electron chi connectivity index (χ2n) is 7.47. The van der Waals surface area contributed by atoms with Crippen molar-refractivity contribution in [1.29, 1.82) is 0 Å². The summed E-state index contributed by atoms with van der Waals surface area (Å²) in [5, 5.41) is 16.6. The molecule has 1 fully saturated rings. The molecule has 166 valence electrons. The molecule has 1 atom stereocenters. The molecule has 0 spiro atoms. The van der Waals surface area contributed by atoms with Gasteiger partial charge in [0.15, 0.2) is 5.69 Å². The van der Waals surface area contributed by atoms with E-state index in [2.05, 4.69) is 20.0 Å². The number of aromatic hydroxyl groups is 1. The van der Waals surface area contributed by atoms with Gasteiger partial charge in [0.05, 0.1) is 16.8 Å². The minimum atomic E-state index is -0.774. The minimum Gasteiger partial charge on any atom is -0.501 e. The summed E-state index contributed by atoms with van der Waals surface area (Å²) in [5.41, 5.74) is -0.498. The van der Waals surface area contributed by atoms with E-state index < -0.39 is 22.9 Å². The fourth-order valence-electron chi connectivity index (χ4n) is 3.76. The van der Waals surface area contributed by atoms with Crippen molar-refractivity contribution < 1.29 is 19.2 Å². The Balaban J connectivity index is 1.63. The molecule has 0 aliphatic carbocycles. The smallest absolute Gasteiger partial charge is 0.296 e. The van der Waals surface area contributed by atoms with Crippen LogP contribution in [0, 0.1) is 0 Å². The molecular formula is C21H20ClN5O5. The highest BCUT2D eigenvalue weighted by atomic mass is 35.5. The van der Waals surface area contributed by atoms with Gasteiger partial charge in [0.1, 0.15) is 17.8 Å². The zero-order valence-corrected chi connectivity index (χ0v) is 17.9. The van der Waals surface area contributed by atoms with Gasteiger partial charge in [-0.05, 0) is 25.0 Å². The van der Waals surface area contributed by atoms with Crippen LogP contribution in [-0.2, 0) is 7.05 Å². The van der Waals surface area contributed by atoms with Gasteiger partial charge in [-0.15, -0.1) is 0 Å². The molecule has 1 aromatic carbocycles. The van der Waals surface area contributed by atoms with E-state index in [1.54, 1.807) is 29.2 Å². The van der Waals surface area contributed by atoms with E-state index in [9.17, 15) is 19.5 Å². The van der Waals surface area contributed by atoms with Gasteiger partial charge in [-0.3, -0.25) is 19.0 Å². The van der Waals surface area contributed by atoms with Crippen LogP contribution in [-0.4, -0.2) is 49.6 Å². The molecule has 3 heterocycles. The van der Waals surface area contributed by atoms with E-state index >= 15 is 0 Å². The third-order valence-corrected chi connectivity index (χ3v) is 5.71. The van der Waals surface area contributed by atoms with E-state index in [0.717, 1.165) is 0 Å². The van der Waals surface area contributed by atoms with E-state index in [1.807, 2.05) is 0 Å². The highest BCUT2D eigenvalue weighted by molar-refractivity contribution is 6.33. The topological polar surface area (TPSA) is 131 Å². The Labute approximate surface area is 187 Å². The molecule has 32 heavy (non-hydrogen) atoms. The molecule has 3 aromatic rings. The number of carbonyl (C=O) groups excluding carboxylic acids is 2. The molecule has 1 aliphatic rings. The first-order valence-electron chi connectivity index (χ1n) is 9.91. The van der Waals surface area contributed by atoms with Crippen molar-refractivity contribution in [2.75, 3.05) is 18.4 Å². The van der Waals surface area contributed by atoms with Crippen molar-refractivity contribution in [3.8, 4) is 5.75 Å². The molecule has 0 bridgehead atoms. The summed E-state index contributed by atoms with van der Waals surface area (Å²) < 4.78 is 5.87. The fourth-order valence-corrected chi connectivity index (χ4v) is 3.98. The monoisotopic (exact) mass is 457 g/mol. The van der Waals surface area contributed by atoms with Crippen LogP contribution in [0.25, 0.3) is 0 Å². The Hall–Kier alpha value is -3.66. The standard InChI is InChI=1S/C21H20ClN5O5/c1-26-18(25-16(17(28)21(26)31)19(29)24-13-9-23-32-11-13)12-5-4-8-27(10-12)20(30)14-6-2-3-7-15(14)22/h2-3,6-7,9,11-12,28H,4-5,8,10H2,1H3,(H,24,29). The van der Waals surface area contributed by atoms with Gasteiger partial charge in [-0.2, -0.15) is 0 Å². The second-order valence-corrected chi connectivity index (χ2v) is 7.88. The molecule has 2 N–H and O–H groups in total. The normalized spacial score (nSPS) is 16.1. The van der Waals surface area contributed by atoms with E-state index in [0.29, 0.717) is 42.3 Å². The van der Waals surface area contributed by atoms with Crippen LogP contribution in [0.2, 0.25) is 5.02 Å². The highest BCUT2D eigenvalue weighted by Crippen LogP contribution is 2.28. The number of nitrogens with zero attached hydrogens (tertiary/aromatic N) is 4. The predicted molar refractivity (Wildman–Crippen MR) is 115 cm³/mol. The largest absolute Gasteiger partial charge is 0.501 e. The van der Waals surface area contributed by atoms with Crippen molar-refractivity contribution in [2.24, 2.45) is 7.05 Å². The summed E-state index contributed by atoms with van der Waals surface area (Å²) in [6.07, 6.45) is 3.82. The van der Waals surface area contributed by atoms with Crippen molar-refractivity contribution in [3.05, 3.63) is 69.2 Å². The molecule has 1 saturated heterocycles. The van der Waals surface area contributed by atoms with Gasteiger partial charge in [0.2, 0.25) is 5.75 Å². The van der Waals surface area contributed by atoms with Gasteiger partial charge in [-0.25, -0.2) is 4.98 Å². The Morgan fingerprint density at radius 1 is 1.31 bits per heavy atom. The summed E-state index contributed by atoms with van der Waals surface area (Å²) in [4.78, 5) is 44.2. The lowest BCUT2D eigenvalue weighted by Crippen LogP contribution is -2.41. The summed E-state index contributed by atoms with van der Waals surface area (Å²) >= 11 is 6.18.